The summed E-state index contributed by atoms with van der Waals surface area (Å²) in [6.45, 7) is 3.76. The van der Waals surface area contributed by atoms with Crippen molar-refractivity contribution >= 4 is 40.4 Å². The van der Waals surface area contributed by atoms with Gasteiger partial charge in [0.15, 0.2) is 0 Å². The van der Waals surface area contributed by atoms with E-state index < -0.39 is 17.8 Å². The Morgan fingerprint density at radius 1 is 1.24 bits per heavy atom. The highest BCUT2D eigenvalue weighted by Gasteiger charge is 2.33. The number of ether oxygens (including phenoxy) is 1. The smallest absolute Gasteiger partial charge is 0.364 e. The van der Waals surface area contributed by atoms with Gasteiger partial charge in [0.25, 0.3) is 11.8 Å². The van der Waals surface area contributed by atoms with Gasteiger partial charge in [0.05, 0.1) is 15.2 Å². The van der Waals surface area contributed by atoms with E-state index in [1.54, 1.807) is 12.1 Å². The summed E-state index contributed by atoms with van der Waals surface area (Å²) in [5, 5.41) is 0.531. The van der Waals surface area contributed by atoms with Crippen LogP contribution in [-0.2, 0) is 14.4 Å². The minimum Gasteiger partial charge on any atom is -0.490 e. The molecule has 0 bridgehead atoms. The van der Waals surface area contributed by atoms with Gasteiger partial charge < -0.3 is 9.57 Å². The minimum atomic E-state index is -0.761. The van der Waals surface area contributed by atoms with Gasteiger partial charge in [-0.1, -0.05) is 0 Å². The molecule has 0 spiro atoms. The van der Waals surface area contributed by atoms with Gasteiger partial charge in [-0.25, -0.2) is 4.79 Å². The topological polar surface area (TPSA) is 72.9 Å². The van der Waals surface area contributed by atoms with E-state index in [1.165, 1.54) is 6.07 Å². The van der Waals surface area contributed by atoms with Crippen LogP contribution in [0.4, 0.5) is 0 Å². The van der Waals surface area contributed by atoms with Crippen LogP contribution in [0.2, 0.25) is 0 Å². The maximum atomic E-state index is 12.0. The van der Waals surface area contributed by atoms with Crippen LogP contribution >= 0.6 is 22.6 Å². The molecule has 0 aromatic heterocycles. The number of imide groups is 1. The molecule has 0 unspecified atom stereocenters. The van der Waals surface area contributed by atoms with Crippen LogP contribution in [0.1, 0.15) is 37.0 Å². The lowest BCUT2D eigenvalue weighted by atomic mass is 10.2. The van der Waals surface area contributed by atoms with E-state index >= 15 is 0 Å². The average molecular weight is 403 g/mol. The number of rotatable bonds is 4. The second-order valence-electron chi connectivity index (χ2n) is 4.77. The van der Waals surface area contributed by atoms with Crippen molar-refractivity contribution in [2.45, 2.75) is 32.8 Å². The third kappa shape index (κ3) is 3.72. The molecule has 1 aliphatic heterocycles. The number of hydrogen-bond donors (Lipinski definition) is 0. The Labute approximate surface area is 135 Å². The SMILES string of the molecule is CC(C)Oc1cc(C(=O)ON2C(=O)CCC2=O)ccc1I. The lowest BCUT2D eigenvalue weighted by molar-refractivity contribution is -0.172. The first-order chi connectivity index (χ1) is 9.88. The Balaban J connectivity index is 2.16. The van der Waals surface area contributed by atoms with Crippen LogP contribution in [-0.4, -0.2) is 29.0 Å². The molecule has 1 aliphatic rings. The molecular weight excluding hydrogens is 389 g/mol. The number of benzene rings is 1. The summed E-state index contributed by atoms with van der Waals surface area (Å²) in [6, 6.07) is 4.81. The molecule has 2 amide bonds. The number of amides is 2. The molecule has 1 aromatic rings. The van der Waals surface area contributed by atoms with E-state index in [4.69, 9.17) is 9.57 Å². The number of hydroxylamine groups is 2. The van der Waals surface area contributed by atoms with Crippen molar-refractivity contribution in [1.29, 1.82) is 0 Å². The Morgan fingerprint density at radius 2 is 1.86 bits per heavy atom. The number of halogens is 1. The maximum Gasteiger partial charge on any atom is 0.364 e. The Hall–Kier alpha value is -1.64. The highest BCUT2D eigenvalue weighted by Crippen LogP contribution is 2.24. The van der Waals surface area contributed by atoms with Crippen LogP contribution in [0.5, 0.6) is 5.75 Å². The van der Waals surface area contributed by atoms with Crippen molar-refractivity contribution in [3.05, 3.63) is 27.3 Å². The molecule has 1 saturated heterocycles. The van der Waals surface area contributed by atoms with Crippen LogP contribution in [0.3, 0.4) is 0 Å². The van der Waals surface area contributed by atoms with Crippen molar-refractivity contribution in [2.75, 3.05) is 0 Å². The molecular formula is C14H14INO5. The number of nitrogens with zero attached hydrogens (tertiary/aromatic N) is 1. The molecule has 1 heterocycles. The maximum absolute atomic E-state index is 12.0. The summed E-state index contributed by atoms with van der Waals surface area (Å²) in [7, 11) is 0. The first kappa shape index (κ1) is 15.7. The number of hydrogen-bond acceptors (Lipinski definition) is 5. The van der Waals surface area contributed by atoms with Gasteiger partial charge in [-0.2, -0.15) is 0 Å². The van der Waals surface area contributed by atoms with E-state index in [0.717, 1.165) is 3.57 Å². The first-order valence-electron chi connectivity index (χ1n) is 6.42. The number of carbonyl (C=O) groups is 3. The lowest BCUT2D eigenvalue weighted by Gasteiger charge is -2.15. The molecule has 2 rings (SSSR count). The molecule has 6 nitrogen and oxygen atoms in total. The lowest BCUT2D eigenvalue weighted by Crippen LogP contribution is -2.32. The first-order valence-corrected chi connectivity index (χ1v) is 7.50. The normalized spacial score (nSPS) is 14.8. The monoisotopic (exact) mass is 403 g/mol. The van der Waals surface area contributed by atoms with Gasteiger partial charge in [0.2, 0.25) is 0 Å². The van der Waals surface area contributed by atoms with Crippen LogP contribution in [0.15, 0.2) is 18.2 Å². The van der Waals surface area contributed by atoms with Gasteiger partial charge in [-0.3, -0.25) is 9.59 Å². The minimum absolute atomic E-state index is 0.0356. The predicted molar refractivity (Wildman–Crippen MR) is 81.4 cm³/mol. The van der Waals surface area contributed by atoms with Crippen molar-refractivity contribution in [1.82, 2.24) is 5.06 Å². The van der Waals surface area contributed by atoms with Gasteiger partial charge in [0.1, 0.15) is 5.75 Å². The van der Waals surface area contributed by atoms with Gasteiger partial charge in [-0.15, -0.1) is 5.06 Å². The molecule has 0 radical (unpaired) electrons. The molecule has 0 N–H and O–H groups in total. The molecule has 112 valence electrons. The highest BCUT2D eigenvalue weighted by atomic mass is 127. The molecule has 1 fully saturated rings. The predicted octanol–water partition coefficient (Wildman–Crippen LogP) is 2.30. The van der Waals surface area contributed by atoms with E-state index in [-0.39, 0.29) is 24.5 Å². The van der Waals surface area contributed by atoms with Gasteiger partial charge >= 0.3 is 5.97 Å². The van der Waals surface area contributed by atoms with Crippen molar-refractivity contribution < 1.29 is 24.0 Å². The van der Waals surface area contributed by atoms with Gasteiger partial charge in [-0.05, 0) is 54.6 Å². The Kier molecular flexibility index (Phi) is 4.81. The fourth-order valence-corrected chi connectivity index (χ4v) is 2.23. The third-order valence-corrected chi connectivity index (χ3v) is 3.60. The molecule has 7 heteroatoms. The Bertz CT molecular complexity index is 583. The molecule has 0 atom stereocenters. The third-order valence-electron chi connectivity index (χ3n) is 2.71. The second kappa shape index (κ2) is 6.42. The summed E-state index contributed by atoms with van der Waals surface area (Å²) < 4.78 is 6.44. The summed E-state index contributed by atoms with van der Waals surface area (Å²) >= 11 is 2.09. The zero-order valence-corrected chi connectivity index (χ0v) is 13.7. The summed E-state index contributed by atoms with van der Waals surface area (Å²) in [5.41, 5.74) is 0.221. The molecule has 0 aliphatic carbocycles. The summed E-state index contributed by atoms with van der Waals surface area (Å²) in [4.78, 5) is 39.7. The molecule has 1 aromatic carbocycles. The van der Waals surface area contributed by atoms with Crippen LogP contribution in [0.25, 0.3) is 0 Å². The summed E-state index contributed by atoms with van der Waals surface area (Å²) in [5.74, 6) is -1.21. The second-order valence-corrected chi connectivity index (χ2v) is 5.93. The fourth-order valence-electron chi connectivity index (χ4n) is 1.77. The van der Waals surface area contributed by atoms with E-state index in [0.29, 0.717) is 10.8 Å². The van der Waals surface area contributed by atoms with Crippen molar-refractivity contribution in [3.63, 3.8) is 0 Å². The fraction of sp³-hybridized carbons (Fsp3) is 0.357. The van der Waals surface area contributed by atoms with E-state index in [1.807, 2.05) is 13.8 Å². The van der Waals surface area contributed by atoms with Crippen molar-refractivity contribution in [3.8, 4) is 5.75 Å². The van der Waals surface area contributed by atoms with E-state index in [9.17, 15) is 14.4 Å². The zero-order chi connectivity index (χ0) is 15.6. The molecule has 0 saturated carbocycles. The quantitative estimate of drug-likeness (QED) is 0.570. The Morgan fingerprint density at radius 3 is 2.43 bits per heavy atom. The standard InChI is InChI=1S/C14H14INO5/c1-8(2)20-11-7-9(3-4-10(11)15)14(19)21-16-12(17)5-6-13(16)18/h3-4,7-8H,5-6H2,1-2H3. The van der Waals surface area contributed by atoms with Gasteiger partial charge in [0, 0.05) is 12.8 Å². The van der Waals surface area contributed by atoms with Crippen molar-refractivity contribution in [2.24, 2.45) is 0 Å². The average Bonchev–Trinajstić information content (AvgIpc) is 2.72. The van der Waals surface area contributed by atoms with Crippen LogP contribution in [0, 0.1) is 3.57 Å². The largest absolute Gasteiger partial charge is 0.490 e. The van der Waals surface area contributed by atoms with Crippen LogP contribution < -0.4 is 4.74 Å². The van der Waals surface area contributed by atoms with E-state index in [2.05, 4.69) is 22.6 Å². The highest BCUT2D eigenvalue weighted by molar-refractivity contribution is 14.1. The molecule has 21 heavy (non-hydrogen) atoms. The number of carbonyl (C=O) groups excluding carboxylic acids is 3. The zero-order valence-electron chi connectivity index (χ0n) is 11.6. The summed E-state index contributed by atoms with van der Waals surface area (Å²) in [6.07, 6.45) is 0.104.